The summed E-state index contributed by atoms with van der Waals surface area (Å²) in [7, 11) is 1.80. The SMILES string of the molecule is CC[C@]12CC[C@@H]3C4=C(CC[C@@H]3[C@H]1CCC2=O)CC(OC)=CC4. The number of ether oxygens (including phenoxy) is 1. The molecule has 0 N–H and O–H groups in total. The van der Waals surface area contributed by atoms with Crippen LogP contribution in [0.15, 0.2) is 23.0 Å². The highest BCUT2D eigenvalue weighted by Gasteiger charge is 2.56. The van der Waals surface area contributed by atoms with E-state index in [0.717, 1.165) is 56.1 Å². The zero-order valence-corrected chi connectivity index (χ0v) is 14.0. The fourth-order valence-electron chi connectivity index (χ4n) is 6.27. The number of carbonyl (C=O) groups is 1. The molecular weight excluding hydrogens is 272 g/mol. The van der Waals surface area contributed by atoms with E-state index in [1.54, 1.807) is 18.3 Å². The molecule has 2 fully saturated rings. The molecule has 0 unspecified atom stereocenters. The van der Waals surface area contributed by atoms with Crippen molar-refractivity contribution in [3.8, 4) is 0 Å². The van der Waals surface area contributed by atoms with E-state index in [1.165, 1.54) is 19.3 Å². The maximum absolute atomic E-state index is 12.6. The molecule has 0 spiro atoms. The predicted molar refractivity (Wildman–Crippen MR) is 87.3 cm³/mol. The molecule has 2 nitrogen and oxygen atoms in total. The molecule has 4 rings (SSSR count). The lowest BCUT2D eigenvalue weighted by Gasteiger charge is -2.50. The van der Waals surface area contributed by atoms with Crippen molar-refractivity contribution >= 4 is 5.78 Å². The number of fused-ring (bicyclic) bond motifs is 4. The Morgan fingerprint density at radius 3 is 2.91 bits per heavy atom. The normalized spacial score (nSPS) is 40.7. The van der Waals surface area contributed by atoms with Crippen LogP contribution in [-0.2, 0) is 9.53 Å². The van der Waals surface area contributed by atoms with E-state index in [0.29, 0.717) is 11.7 Å². The van der Waals surface area contributed by atoms with Crippen molar-refractivity contribution in [3.05, 3.63) is 23.0 Å². The lowest BCUT2D eigenvalue weighted by Crippen LogP contribution is -2.45. The summed E-state index contributed by atoms with van der Waals surface area (Å²) in [5, 5.41) is 0. The van der Waals surface area contributed by atoms with Gasteiger partial charge in [0.15, 0.2) is 0 Å². The van der Waals surface area contributed by atoms with Gasteiger partial charge in [-0.3, -0.25) is 4.79 Å². The van der Waals surface area contributed by atoms with E-state index in [9.17, 15) is 4.79 Å². The summed E-state index contributed by atoms with van der Waals surface area (Å²) in [6, 6.07) is 0. The van der Waals surface area contributed by atoms with Crippen molar-refractivity contribution in [1.29, 1.82) is 0 Å². The molecule has 0 aromatic carbocycles. The Morgan fingerprint density at radius 2 is 2.14 bits per heavy atom. The third-order valence-corrected chi connectivity index (χ3v) is 7.39. The Labute approximate surface area is 134 Å². The van der Waals surface area contributed by atoms with Gasteiger partial charge in [-0.1, -0.05) is 18.1 Å². The number of hydrogen-bond donors (Lipinski definition) is 0. The van der Waals surface area contributed by atoms with Crippen molar-refractivity contribution < 1.29 is 9.53 Å². The second-order valence-electron chi connectivity index (χ2n) is 7.81. The van der Waals surface area contributed by atoms with E-state index in [2.05, 4.69) is 13.0 Å². The molecule has 0 radical (unpaired) electrons. The minimum Gasteiger partial charge on any atom is -0.501 e. The summed E-state index contributed by atoms with van der Waals surface area (Å²) < 4.78 is 5.48. The van der Waals surface area contributed by atoms with Crippen molar-refractivity contribution in [1.82, 2.24) is 0 Å². The van der Waals surface area contributed by atoms with Crippen LogP contribution in [-0.4, -0.2) is 12.9 Å². The minimum absolute atomic E-state index is 0.0570. The fraction of sp³-hybridized carbons (Fsp3) is 0.750. The van der Waals surface area contributed by atoms with Gasteiger partial charge in [-0.05, 0) is 68.8 Å². The van der Waals surface area contributed by atoms with Gasteiger partial charge in [0.05, 0.1) is 12.9 Å². The largest absolute Gasteiger partial charge is 0.501 e. The van der Waals surface area contributed by atoms with Crippen molar-refractivity contribution in [3.63, 3.8) is 0 Å². The van der Waals surface area contributed by atoms with E-state index in [-0.39, 0.29) is 5.41 Å². The van der Waals surface area contributed by atoms with Crippen LogP contribution in [0.5, 0.6) is 0 Å². The van der Waals surface area contributed by atoms with E-state index >= 15 is 0 Å². The molecule has 4 aliphatic carbocycles. The molecule has 0 saturated heterocycles. The zero-order valence-electron chi connectivity index (χ0n) is 14.0. The van der Waals surface area contributed by atoms with Crippen molar-refractivity contribution in [2.75, 3.05) is 7.11 Å². The molecule has 2 saturated carbocycles. The smallest absolute Gasteiger partial charge is 0.139 e. The van der Waals surface area contributed by atoms with Crippen LogP contribution in [0.1, 0.15) is 64.7 Å². The third-order valence-electron chi connectivity index (χ3n) is 7.39. The lowest BCUT2D eigenvalue weighted by molar-refractivity contribution is -0.131. The van der Waals surface area contributed by atoms with Crippen LogP contribution in [0, 0.1) is 23.2 Å². The second kappa shape index (κ2) is 5.25. The van der Waals surface area contributed by atoms with Gasteiger partial charge in [-0.2, -0.15) is 0 Å². The van der Waals surface area contributed by atoms with Gasteiger partial charge in [0.2, 0.25) is 0 Å². The van der Waals surface area contributed by atoms with Crippen LogP contribution in [0.25, 0.3) is 0 Å². The molecule has 0 aromatic heterocycles. The van der Waals surface area contributed by atoms with E-state index < -0.39 is 0 Å². The Balaban J connectivity index is 1.63. The number of rotatable bonds is 2. The van der Waals surface area contributed by atoms with Gasteiger partial charge >= 0.3 is 0 Å². The monoisotopic (exact) mass is 300 g/mol. The predicted octanol–water partition coefficient (Wildman–Crippen LogP) is 4.80. The maximum atomic E-state index is 12.6. The number of ketones is 1. The first-order chi connectivity index (χ1) is 10.7. The van der Waals surface area contributed by atoms with Gasteiger partial charge in [0, 0.05) is 18.3 Å². The summed E-state index contributed by atoms with van der Waals surface area (Å²) in [6.07, 6.45) is 12.4. The highest BCUT2D eigenvalue weighted by atomic mass is 16.5. The molecule has 2 heteroatoms. The Kier molecular flexibility index (Phi) is 3.47. The molecule has 0 heterocycles. The van der Waals surface area contributed by atoms with Crippen molar-refractivity contribution in [2.45, 2.75) is 64.7 Å². The van der Waals surface area contributed by atoms with Gasteiger partial charge in [-0.25, -0.2) is 0 Å². The van der Waals surface area contributed by atoms with Crippen LogP contribution in [0.2, 0.25) is 0 Å². The lowest BCUT2D eigenvalue weighted by atomic mass is 9.53. The minimum atomic E-state index is 0.0570. The molecule has 4 atom stereocenters. The molecule has 22 heavy (non-hydrogen) atoms. The Morgan fingerprint density at radius 1 is 1.27 bits per heavy atom. The standard InChI is InChI=1S/C20H28O2/c1-3-20-11-10-16-15-7-5-14(22-2)12-13(15)4-6-17(16)18(20)8-9-19(20)21/h5,16-18H,3-4,6-12H2,1-2H3/t16-,17+,18-,20+/m1/s1. The topological polar surface area (TPSA) is 26.3 Å². The van der Waals surface area contributed by atoms with Crippen LogP contribution in [0.4, 0.5) is 0 Å². The first kappa shape index (κ1) is 14.5. The van der Waals surface area contributed by atoms with Gasteiger partial charge in [-0.15, -0.1) is 0 Å². The Hall–Kier alpha value is -1.05. The average Bonchev–Trinajstić information content (AvgIpc) is 2.91. The van der Waals surface area contributed by atoms with Crippen molar-refractivity contribution in [2.24, 2.45) is 23.2 Å². The summed E-state index contributed by atoms with van der Waals surface area (Å²) >= 11 is 0. The van der Waals surface area contributed by atoms with E-state index in [1.807, 2.05) is 0 Å². The number of carbonyl (C=O) groups excluding carboxylic acids is 1. The molecule has 4 aliphatic rings. The van der Waals surface area contributed by atoms with Crippen LogP contribution < -0.4 is 0 Å². The molecular formula is C20H28O2. The molecule has 120 valence electrons. The summed E-state index contributed by atoms with van der Waals surface area (Å²) in [5.74, 6) is 3.95. The Bertz CT molecular complexity index is 556. The second-order valence-corrected chi connectivity index (χ2v) is 7.81. The van der Waals surface area contributed by atoms with Gasteiger partial charge in [0.1, 0.15) is 5.78 Å². The molecule has 0 bridgehead atoms. The van der Waals surface area contributed by atoms with Crippen LogP contribution >= 0.6 is 0 Å². The quantitative estimate of drug-likeness (QED) is 0.685. The highest BCUT2D eigenvalue weighted by Crippen LogP contribution is 2.61. The molecule has 0 amide bonds. The van der Waals surface area contributed by atoms with Gasteiger partial charge < -0.3 is 4.74 Å². The van der Waals surface area contributed by atoms with Crippen LogP contribution in [0.3, 0.4) is 0 Å². The number of hydrogen-bond acceptors (Lipinski definition) is 2. The first-order valence-electron chi connectivity index (χ1n) is 9.16. The summed E-state index contributed by atoms with van der Waals surface area (Å²) in [5.41, 5.74) is 3.44. The third kappa shape index (κ3) is 1.88. The number of Topliss-reactive ketones (excluding diaryl/α,β-unsaturated/α-hetero) is 1. The average molecular weight is 300 g/mol. The van der Waals surface area contributed by atoms with E-state index in [4.69, 9.17) is 4.74 Å². The highest BCUT2D eigenvalue weighted by molar-refractivity contribution is 5.87. The number of methoxy groups -OCH3 is 1. The fourth-order valence-corrected chi connectivity index (χ4v) is 6.27. The summed E-state index contributed by atoms with van der Waals surface area (Å²) in [6.45, 7) is 2.25. The summed E-state index contributed by atoms with van der Waals surface area (Å²) in [4.78, 5) is 12.6. The zero-order chi connectivity index (χ0) is 15.3. The van der Waals surface area contributed by atoms with Gasteiger partial charge in [0.25, 0.3) is 0 Å². The maximum Gasteiger partial charge on any atom is 0.139 e. The molecule has 0 aliphatic heterocycles. The molecule has 0 aromatic rings. The first-order valence-corrected chi connectivity index (χ1v) is 9.16. The number of allylic oxidation sites excluding steroid dienone is 3.